The molecule has 0 aliphatic rings. The van der Waals surface area contributed by atoms with E-state index in [1.165, 1.54) is 33.4 Å². The lowest BCUT2D eigenvalue weighted by atomic mass is 9.98. The molecule has 0 N–H and O–H groups in total. The van der Waals surface area contributed by atoms with E-state index in [1.54, 1.807) is 0 Å². The number of benzene rings is 2. The van der Waals surface area contributed by atoms with Gasteiger partial charge < -0.3 is 0 Å². The summed E-state index contributed by atoms with van der Waals surface area (Å²) in [4.78, 5) is 0. The highest BCUT2D eigenvalue weighted by molar-refractivity contribution is 5.81. The minimum Gasteiger partial charge on any atom is -0.0614 e. The van der Waals surface area contributed by atoms with E-state index in [-0.39, 0.29) is 0 Å². The van der Waals surface area contributed by atoms with Crippen molar-refractivity contribution in [2.75, 3.05) is 0 Å². The molecule has 2 aromatic carbocycles. The van der Waals surface area contributed by atoms with Gasteiger partial charge in [-0.3, -0.25) is 0 Å². The first kappa shape index (κ1) is 12.6. The van der Waals surface area contributed by atoms with Crippen LogP contribution in [0.4, 0.5) is 0 Å². The zero-order valence-electron chi connectivity index (χ0n) is 11.6. The summed E-state index contributed by atoms with van der Waals surface area (Å²) in [5, 5.41) is 0. The van der Waals surface area contributed by atoms with Gasteiger partial charge in [0.05, 0.1) is 0 Å². The summed E-state index contributed by atoms with van der Waals surface area (Å²) in [6.45, 7) is 8.62. The molecule has 0 unspecified atom stereocenters. The third kappa shape index (κ3) is 2.89. The summed E-state index contributed by atoms with van der Waals surface area (Å²) >= 11 is 0. The second kappa shape index (κ2) is 5.22. The number of aryl methyl sites for hydroxylation is 3. The average molecular weight is 236 g/mol. The fraction of sp³-hybridized carbons (Fsp3) is 0.222. The molecule has 0 saturated heterocycles. The number of hydrogen-bond donors (Lipinski definition) is 0. The highest BCUT2D eigenvalue weighted by Crippen LogP contribution is 2.22. The predicted molar refractivity (Wildman–Crippen MR) is 80.6 cm³/mol. The smallest absolute Gasteiger partial charge is 0.0198 e. The van der Waals surface area contributed by atoms with Crippen LogP contribution >= 0.6 is 0 Å². The van der Waals surface area contributed by atoms with Gasteiger partial charge in [-0.1, -0.05) is 59.7 Å². The van der Waals surface area contributed by atoms with Gasteiger partial charge in [-0.15, -0.1) is 0 Å². The van der Waals surface area contributed by atoms with Gasteiger partial charge in [0.15, 0.2) is 0 Å². The molecule has 0 aromatic heterocycles. The van der Waals surface area contributed by atoms with Crippen LogP contribution in [0.2, 0.25) is 0 Å². The molecule has 0 bridgehead atoms. The van der Waals surface area contributed by atoms with Gasteiger partial charge in [-0.2, -0.15) is 0 Å². The quantitative estimate of drug-likeness (QED) is 0.631. The van der Waals surface area contributed by atoms with Gasteiger partial charge >= 0.3 is 0 Å². The summed E-state index contributed by atoms with van der Waals surface area (Å²) in [5.41, 5.74) is 7.89. The zero-order valence-corrected chi connectivity index (χ0v) is 11.6. The van der Waals surface area contributed by atoms with E-state index in [1.807, 2.05) is 0 Å². The Hall–Kier alpha value is -1.82. The first-order chi connectivity index (χ1) is 8.56. The topological polar surface area (TPSA) is 0 Å². The van der Waals surface area contributed by atoms with Crippen molar-refractivity contribution in [1.29, 1.82) is 0 Å². The second-order valence-electron chi connectivity index (χ2n) is 5.06. The standard InChI is InChI=1S/C18H20/c1-13-6-5-7-17(11-13)12-16(4)18-9-8-14(2)10-15(18)3/h5-12H,1-4H3. The maximum atomic E-state index is 2.25. The molecule has 0 aliphatic heterocycles. The first-order valence-electron chi connectivity index (χ1n) is 6.39. The van der Waals surface area contributed by atoms with Crippen molar-refractivity contribution in [2.24, 2.45) is 0 Å². The van der Waals surface area contributed by atoms with Crippen molar-refractivity contribution in [3.63, 3.8) is 0 Å². The van der Waals surface area contributed by atoms with Crippen LogP contribution in [-0.4, -0.2) is 0 Å². The highest BCUT2D eigenvalue weighted by atomic mass is 14.1. The SMILES string of the molecule is CC(=Cc1cccc(C)c1)c1ccc(C)cc1C. The molecule has 0 aliphatic carbocycles. The lowest BCUT2D eigenvalue weighted by Gasteiger charge is -2.08. The van der Waals surface area contributed by atoms with E-state index in [4.69, 9.17) is 0 Å². The van der Waals surface area contributed by atoms with E-state index < -0.39 is 0 Å². The molecule has 92 valence electrons. The maximum Gasteiger partial charge on any atom is -0.0198 e. The number of hydrogen-bond acceptors (Lipinski definition) is 0. The molecular weight excluding hydrogens is 216 g/mol. The Bertz CT molecular complexity index is 589. The molecule has 0 nitrogen and oxygen atoms in total. The molecule has 2 aromatic rings. The fourth-order valence-corrected chi connectivity index (χ4v) is 2.34. The Balaban J connectivity index is 2.39. The van der Waals surface area contributed by atoms with E-state index in [0.29, 0.717) is 0 Å². The normalized spacial score (nSPS) is 11.7. The maximum absolute atomic E-state index is 2.25. The molecule has 0 atom stereocenters. The molecule has 0 saturated carbocycles. The summed E-state index contributed by atoms with van der Waals surface area (Å²) in [7, 11) is 0. The Morgan fingerprint density at radius 2 is 1.61 bits per heavy atom. The minimum atomic E-state index is 1.27. The van der Waals surface area contributed by atoms with Gasteiger partial charge in [0.25, 0.3) is 0 Å². The van der Waals surface area contributed by atoms with Crippen LogP contribution < -0.4 is 0 Å². The van der Waals surface area contributed by atoms with Crippen LogP contribution in [0.15, 0.2) is 42.5 Å². The van der Waals surface area contributed by atoms with Crippen molar-refractivity contribution in [1.82, 2.24) is 0 Å². The monoisotopic (exact) mass is 236 g/mol. The largest absolute Gasteiger partial charge is 0.0614 e. The van der Waals surface area contributed by atoms with Gasteiger partial charge in [0.2, 0.25) is 0 Å². The number of allylic oxidation sites excluding steroid dienone is 1. The van der Waals surface area contributed by atoms with Crippen molar-refractivity contribution in [2.45, 2.75) is 27.7 Å². The molecule has 0 amide bonds. The van der Waals surface area contributed by atoms with Gasteiger partial charge in [0.1, 0.15) is 0 Å². The van der Waals surface area contributed by atoms with Gasteiger partial charge in [0, 0.05) is 0 Å². The summed E-state index contributed by atoms with van der Waals surface area (Å²) in [6.07, 6.45) is 2.25. The molecule has 0 radical (unpaired) electrons. The molecular formula is C18H20. The lowest BCUT2D eigenvalue weighted by Crippen LogP contribution is -1.87. The molecule has 2 rings (SSSR count). The van der Waals surface area contributed by atoms with Crippen LogP contribution in [-0.2, 0) is 0 Å². The van der Waals surface area contributed by atoms with Crippen LogP contribution in [0.25, 0.3) is 11.6 Å². The first-order valence-corrected chi connectivity index (χ1v) is 6.39. The van der Waals surface area contributed by atoms with Crippen molar-refractivity contribution < 1.29 is 0 Å². The average Bonchev–Trinajstić information content (AvgIpc) is 2.28. The van der Waals surface area contributed by atoms with Crippen molar-refractivity contribution in [3.8, 4) is 0 Å². The fourth-order valence-electron chi connectivity index (χ4n) is 2.34. The van der Waals surface area contributed by atoms with Gasteiger partial charge in [-0.25, -0.2) is 0 Å². The Labute approximate surface area is 110 Å². The van der Waals surface area contributed by atoms with Gasteiger partial charge in [-0.05, 0) is 50.0 Å². The van der Waals surface area contributed by atoms with E-state index in [9.17, 15) is 0 Å². The third-order valence-electron chi connectivity index (χ3n) is 3.23. The number of rotatable bonds is 2. The molecule has 0 heteroatoms. The molecule has 0 spiro atoms. The molecule has 0 fully saturated rings. The Morgan fingerprint density at radius 3 is 2.28 bits per heavy atom. The van der Waals surface area contributed by atoms with Crippen LogP contribution in [0, 0.1) is 20.8 Å². The lowest BCUT2D eigenvalue weighted by molar-refractivity contribution is 1.35. The molecule has 18 heavy (non-hydrogen) atoms. The van der Waals surface area contributed by atoms with Crippen LogP contribution in [0.5, 0.6) is 0 Å². The predicted octanol–water partition coefficient (Wildman–Crippen LogP) is 5.17. The van der Waals surface area contributed by atoms with Crippen molar-refractivity contribution >= 4 is 11.6 Å². The van der Waals surface area contributed by atoms with E-state index in [2.05, 4.69) is 76.2 Å². The minimum absolute atomic E-state index is 1.27. The zero-order chi connectivity index (χ0) is 13.1. The summed E-state index contributed by atoms with van der Waals surface area (Å²) < 4.78 is 0. The van der Waals surface area contributed by atoms with E-state index >= 15 is 0 Å². The summed E-state index contributed by atoms with van der Waals surface area (Å²) in [6, 6.07) is 15.2. The Kier molecular flexibility index (Phi) is 3.66. The summed E-state index contributed by atoms with van der Waals surface area (Å²) in [5.74, 6) is 0. The highest BCUT2D eigenvalue weighted by Gasteiger charge is 2.01. The van der Waals surface area contributed by atoms with E-state index in [0.717, 1.165) is 0 Å². The third-order valence-corrected chi connectivity index (χ3v) is 3.23. The van der Waals surface area contributed by atoms with Crippen LogP contribution in [0.1, 0.15) is 34.7 Å². The second-order valence-corrected chi connectivity index (χ2v) is 5.06. The van der Waals surface area contributed by atoms with Crippen molar-refractivity contribution in [3.05, 3.63) is 70.3 Å². The van der Waals surface area contributed by atoms with Crippen LogP contribution in [0.3, 0.4) is 0 Å². The Morgan fingerprint density at radius 1 is 0.889 bits per heavy atom. The molecule has 0 heterocycles.